The summed E-state index contributed by atoms with van der Waals surface area (Å²) in [4.78, 5) is 15.3. The number of pyridine rings is 1. The highest BCUT2D eigenvalue weighted by Crippen LogP contribution is 2.42. The highest BCUT2D eigenvalue weighted by molar-refractivity contribution is 5.76. The van der Waals surface area contributed by atoms with Crippen LogP contribution in [0.4, 0.5) is 5.69 Å². The summed E-state index contributed by atoms with van der Waals surface area (Å²) in [5.74, 6) is 1.13. The fraction of sp³-hybridized carbons (Fsp3) is 0.636. The number of anilines is 1. The van der Waals surface area contributed by atoms with E-state index in [2.05, 4.69) is 96.3 Å². The van der Waals surface area contributed by atoms with Crippen molar-refractivity contribution in [1.29, 1.82) is 0 Å². The Bertz CT molecular complexity index is 1240. The van der Waals surface area contributed by atoms with Crippen molar-refractivity contribution in [2.75, 3.05) is 46.2 Å². The Morgan fingerprint density at radius 2 is 1.83 bits per heavy atom. The number of aromatic nitrogens is 3. The molecule has 3 aromatic rings. The molecule has 1 saturated carbocycles. The maximum Gasteiger partial charge on any atom is 0.160 e. The molecule has 1 aliphatic carbocycles. The van der Waals surface area contributed by atoms with Crippen LogP contribution in [-0.4, -0.2) is 83.4 Å². The second kappa shape index (κ2) is 13.2. The third-order valence-electron chi connectivity index (χ3n) is 9.37. The van der Waals surface area contributed by atoms with Gasteiger partial charge in [-0.2, -0.15) is 0 Å². The number of nitrogens with zero attached hydrogens (tertiary/aromatic N) is 5. The van der Waals surface area contributed by atoms with Gasteiger partial charge >= 0.3 is 0 Å². The number of fused-ring (bicyclic) bond motifs is 1. The zero-order valence-corrected chi connectivity index (χ0v) is 26.1. The number of methoxy groups -OCH3 is 1. The molecule has 8 nitrogen and oxygen atoms in total. The fourth-order valence-corrected chi connectivity index (χ4v) is 7.35. The molecule has 1 aromatic carbocycles. The normalized spacial score (nSPS) is 26.5. The molecule has 41 heavy (non-hydrogen) atoms. The maximum absolute atomic E-state index is 5.51. The Labute approximate surface area is 246 Å². The lowest BCUT2D eigenvalue weighted by Crippen LogP contribution is -2.55. The summed E-state index contributed by atoms with van der Waals surface area (Å²) in [5.41, 5.74) is 4.53. The fourth-order valence-electron chi connectivity index (χ4n) is 7.35. The molecule has 1 unspecified atom stereocenters. The van der Waals surface area contributed by atoms with E-state index in [1.807, 2.05) is 6.20 Å². The number of hydrogen-bond donors (Lipinski definition) is 2. The number of ether oxygens (including phenoxy) is 1. The number of benzene rings is 1. The Hall–Kier alpha value is -2.52. The van der Waals surface area contributed by atoms with E-state index < -0.39 is 0 Å². The lowest BCUT2D eigenvalue weighted by molar-refractivity contribution is 0.0945. The Morgan fingerprint density at radius 3 is 2.46 bits per heavy atom. The van der Waals surface area contributed by atoms with Crippen molar-refractivity contribution in [3.8, 4) is 0 Å². The molecule has 2 N–H and O–H groups in total. The van der Waals surface area contributed by atoms with Gasteiger partial charge in [-0.1, -0.05) is 43.7 Å². The third-order valence-corrected chi connectivity index (χ3v) is 9.37. The van der Waals surface area contributed by atoms with Crippen LogP contribution in [0.25, 0.3) is 11.2 Å². The summed E-state index contributed by atoms with van der Waals surface area (Å²) < 4.78 is 7.82. The molecule has 0 radical (unpaired) electrons. The zero-order valence-electron chi connectivity index (χ0n) is 26.1. The minimum atomic E-state index is 0.101. The summed E-state index contributed by atoms with van der Waals surface area (Å²) in [6, 6.07) is 14.9. The van der Waals surface area contributed by atoms with E-state index in [0.717, 1.165) is 80.8 Å². The topological polar surface area (TPSA) is 70.5 Å². The van der Waals surface area contributed by atoms with Crippen LogP contribution < -0.4 is 10.6 Å². The summed E-state index contributed by atoms with van der Waals surface area (Å²) in [5, 5.41) is 7.52. The van der Waals surface area contributed by atoms with Gasteiger partial charge in [-0.3, -0.25) is 9.80 Å². The minimum absolute atomic E-state index is 0.101. The van der Waals surface area contributed by atoms with Gasteiger partial charge in [-0.25, -0.2) is 9.97 Å². The van der Waals surface area contributed by atoms with Crippen molar-refractivity contribution in [1.82, 2.24) is 29.7 Å². The van der Waals surface area contributed by atoms with E-state index in [1.54, 1.807) is 7.11 Å². The monoisotopic (exact) mass is 561 g/mol. The second-order valence-corrected chi connectivity index (χ2v) is 12.6. The van der Waals surface area contributed by atoms with Crippen LogP contribution in [0.3, 0.4) is 0 Å². The van der Waals surface area contributed by atoms with Gasteiger partial charge in [0.2, 0.25) is 0 Å². The van der Waals surface area contributed by atoms with Crippen LogP contribution in [0.15, 0.2) is 42.6 Å². The highest BCUT2D eigenvalue weighted by Gasteiger charge is 2.38. The average Bonchev–Trinajstić information content (AvgIpc) is 3.32. The molecule has 1 aliphatic heterocycles. The molecule has 2 aromatic heterocycles. The van der Waals surface area contributed by atoms with E-state index in [0.29, 0.717) is 24.7 Å². The third kappa shape index (κ3) is 6.46. The van der Waals surface area contributed by atoms with E-state index in [4.69, 9.17) is 14.7 Å². The van der Waals surface area contributed by atoms with Gasteiger partial charge in [0, 0.05) is 50.4 Å². The number of imidazole rings is 1. The lowest BCUT2D eigenvalue weighted by Gasteiger charge is -2.46. The van der Waals surface area contributed by atoms with Crippen LogP contribution in [0.1, 0.15) is 76.7 Å². The molecular weight excluding hydrogens is 510 g/mol. The highest BCUT2D eigenvalue weighted by atomic mass is 16.5. The van der Waals surface area contributed by atoms with Crippen LogP contribution >= 0.6 is 0 Å². The smallest absolute Gasteiger partial charge is 0.160 e. The largest absolute Gasteiger partial charge is 0.383 e. The molecule has 5 rings (SSSR count). The van der Waals surface area contributed by atoms with Gasteiger partial charge in [0.1, 0.15) is 11.3 Å². The standard InChI is InChI=1S/C33H51N7O/c1-7-11-30(39-22-24(2)35-25(3)23-39)32-37-29-20-28(21-34-31(29)40(32)18-19-41-6)36-27-14-16-33(17-15-27,38(4)5)26-12-9-8-10-13-26/h8-10,12-13,20-21,24-25,27,30,35-36H,7,11,14-19,22-23H2,1-6H3/t24-,25+,27?,30?,33?. The molecule has 1 saturated heterocycles. The van der Waals surface area contributed by atoms with Crippen LogP contribution in [0.5, 0.6) is 0 Å². The first-order chi connectivity index (χ1) is 19.8. The van der Waals surface area contributed by atoms with Crippen molar-refractivity contribution in [3.05, 3.63) is 54.0 Å². The van der Waals surface area contributed by atoms with Gasteiger partial charge in [-0.05, 0) is 71.7 Å². The Kier molecular flexibility index (Phi) is 9.64. The molecule has 0 spiro atoms. The predicted molar refractivity (Wildman–Crippen MR) is 168 cm³/mol. The number of piperazine rings is 1. The van der Waals surface area contributed by atoms with Gasteiger partial charge in [0.25, 0.3) is 0 Å². The van der Waals surface area contributed by atoms with E-state index in [-0.39, 0.29) is 11.6 Å². The van der Waals surface area contributed by atoms with E-state index >= 15 is 0 Å². The van der Waals surface area contributed by atoms with Gasteiger partial charge in [0.15, 0.2) is 5.65 Å². The predicted octanol–water partition coefficient (Wildman–Crippen LogP) is 5.41. The first-order valence-corrected chi connectivity index (χ1v) is 15.7. The van der Waals surface area contributed by atoms with Crippen LogP contribution in [0.2, 0.25) is 0 Å². The SMILES string of the molecule is CCCC(c1nc2cc(NC3CCC(c4ccccc4)(N(C)C)CC3)cnc2n1CCOC)N1C[C@@H](C)N[C@@H](C)C1. The first kappa shape index (κ1) is 30.0. The zero-order chi connectivity index (χ0) is 29.0. The molecule has 3 heterocycles. The van der Waals surface area contributed by atoms with Gasteiger partial charge in [-0.15, -0.1) is 0 Å². The molecule has 0 bridgehead atoms. The lowest BCUT2D eigenvalue weighted by atomic mass is 9.74. The minimum Gasteiger partial charge on any atom is -0.383 e. The summed E-state index contributed by atoms with van der Waals surface area (Å²) in [6.45, 7) is 10.3. The molecule has 0 amide bonds. The molecule has 3 atom stereocenters. The average molecular weight is 562 g/mol. The van der Waals surface area contributed by atoms with Crippen LogP contribution in [0, 0.1) is 0 Å². The number of rotatable bonds is 11. The first-order valence-electron chi connectivity index (χ1n) is 15.7. The van der Waals surface area contributed by atoms with Gasteiger partial charge in [0.05, 0.1) is 24.5 Å². The van der Waals surface area contributed by atoms with Crippen molar-refractivity contribution < 1.29 is 4.74 Å². The summed E-state index contributed by atoms with van der Waals surface area (Å²) in [6.07, 6.45) is 8.71. The summed E-state index contributed by atoms with van der Waals surface area (Å²) in [7, 11) is 6.22. The van der Waals surface area contributed by atoms with E-state index in [9.17, 15) is 0 Å². The summed E-state index contributed by atoms with van der Waals surface area (Å²) >= 11 is 0. The van der Waals surface area contributed by atoms with Gasteiger partial charge < -0.3 is 19.9 Å². The molecule has 2 aliphatic rings. The van der Waals surface area contributed by atoms with Crippen molar-refractivity contribution in [3.63, 3.8) is 0 Å². The van der Waals surface area contributed by atoms with Crippen molar-refractivity contribution in [2.24, 2.45) is 0 Å². The Balaban J connectivity index is 1.37. The molecule has 2 fully saturated rings. The molecule has 8 heteroatoms. The van der Waals surface area contributed by atoms with Crippen LogP contribution in [-0.2, 0) is 16.8 Å². The van der Waals surface area contributed by atoms with Crippen molar-refractivity contribution >= 4 is 16.9 Å². The maximum atomic E-state index is 5.51. The van der Waals surface area contributed by atoms with Crippen molar-refractivity contribution in [2.45, 2.75) is 95.5 Å². The quantitative estimate of drug-likeness (QED) is 0.324. The number of nitrogens with one attached hydrogen (secondary N) is 2. The Morgan fingerprint density at radius 1 is 1.12 bits per heavy atom. The van der Waals surface area contributed by atoms with E-state index in [1.165, 1.54) is 5.56 Å². The second-order valence-electron chi connectivity index (χ2n) is 12.6. The number of hydrogen-bond acceptors (Lipinski definition) is 7. The molecular formula is C33H51N7O. The molecule has 224 valence electrons.